The van der Waals surface area contributed by atoms with E-state index in [1.807, 2.05) is 7.05 Å². The summed E-state index contributed by atoms with van der Waals surface area (Å²) in [6.07, 6.45) is 2.59. The van der Waals surface area contributed by atoms with Gasteiger partial charge < -0.3 is 5.32 Å². The number of hydrogen-bond donors (Lipinski definition) is 1. The standard InChI is InChI=1S/C12H17N/c1-9-4-3-5-10-6-7-11(8-13-2)12(9)10/h3-5,11,13H,6-8H2,1-2H3. The molecule has 2 rings (SSSR count). The van der Waals surface area contributed by atoms with Crippen molar-refractivity contribution in [2.75, 3.05) is 13.6 Å². The number of aryl methyl sites for hydroxylation is 2. The monoisotopic (exact) mass is 175 g/mol. The van der Waals surface area contributed by atoms with Crippen LogP contribution in [0.5, 0.6) is 0 Å². The minimum absolute atomic E-state index is 0.751. The lowest BCUT2D eigenvalue weighted by Gasteiger charge is -2.13. The largest absolute Gasteiger partial charge is 0.319 e. The molecule has 1 heteroatoms. The molecule has 0 amide bonds. The second kappa shape index (κ2) is 3.51. The van der Waals surface area contributed by atoms with Gasteiger partial charge >= 0.3 is 0 Å². The predicted molar refractivity (Wildman–Crippen MR) is 56.2 cm³/mol. The van der Waals surface area contributed by atoms with Crippen LogP contribution in [0.1, 0.15) is 29.0 Å². The molecular weight excluding hydrogens is 158 g/mol. The van der Waals surface area contributed by atoms with Gasteiger partial charge in [0.2, 0.25) is 0 Å². The third kappa shape index (κ3) is 1.49. The van der Waals surface area contributed by atoms with E-state index in [0.717, 1.165) is 12.5 Å². The molecule has 1 aromatic rings. The molecule has 1 N–H and O–H groups in total. The molecule has 0 aliphatic heterocycles. The highest BCUT2D eigenvalue weighted by molar-refractivity contribution is 5.41. The van der Waals surface area contributed by atoms with Crippen molar-refractivity contribution in [2.24, 2.45) is 0 Å². The number of fused-ring (bicyclic) bond motifs is 1. The van der Waals surface area contributed by atoms with Crippen molar-refractivity contribution in [3.05, 3.63) is 34.9 Å². The summed E-state index contributed by atoms with van der Waals surface area (Å²) in [7, 11) is 2.04. The first-order chi connectivity index (χ1) is 6.33. The second-order valence-electron chi connectivity index (χ2n) is 3.94. The van der Waals surface area contributed by atoms with Gasteiger partial charge in [0.25, 0.3) is 0 Å². The molecule has 0 saturated carbocycles. The number of rotatable bonds is 2. The molecule has 1 atom stereocenters. The molecule has 1 nitrogen and oxygen atoms in total. The van der Waals surface area contributed by atoms with Gasteiger partial charge in [0, 0.05) is 6.54 Å². The van der Waals surface area contributed by atoms with Crippen LogP contribution in [-0.4, -0.2) is 13.6 Å². The molecule has 0 spiro atoms. The second-order valence-corrected chi connectivity index (χ2v) is 3.94. The molecule has 0 aromatic heterocycles. The normalized spacial score (nSPS) is 20.3. The molecule has 13 heavy (non-hydrogen) atoms. The summed E-state index contributed by atoms with van der Waals surface area (Å²) in [5, 5.41) is 3.28. The highest BCUT2D eigenvalue weighted by Gasteiger charge is 2.22. The summed E-state index contributed by atoms with van der Waals surface area (Å²) >= 11 is 0. The third-order valence-electron chi connectivity index (χ3n) is 3.04. The Kier molecular flexibility index (Phi) is 2.36. The number of nitrogens with one attached hydrogen (secondary N) is 1. The fourth-order valence-electron chi connectivity index (χ4n) is 2.47. The fraction of sp³-hybridized carbons (Fsp3) is 0.500. The van der Waals surface area contributed by atoms with Crippen LogP contribution in [0.25, 0.3) is 0 Å². The Morgan fingerprint density at radius 3 is 3.08 bits per heavy atom. The first-order valence-corrected chi connectivity index (χ1v) is 5.06. The predicted octanol–water partition coefficient (Wildman–Crippen LogP) is 2.24. The zero-order chi connectivity index (χ0) is 9.26. The summed E-state index contributed by atoms with van der Waals surface area (Å²) in [6, 6.07) is 6.68. The van der Waals surface area contributed by atoms with Crippen molar-refractivity contribution >= 4 is 0 Å². The molecule has 1 unspecified atom stereocenters. The first kappa shape index (κ1) is 8.76. The van der Waals surface area contributed by atoms with E-state index in [4.69, 9.17) is 0 Å². The smallest absolute Gasteiger partial charge is 0.00174 e. The lowest BCUT2D eigenvalue weighted by Crippen LogP contribution is -2.15. The van der Waals surface area contributed by atoms with Gasteiger partial charge in [-0.1, -0.05) is 18.2 Å². The summed E-state index contributed by atoms with van der Waals surface area (Å²) < 4.78 is 0. The minimum Gasteiger partial charge on any atom is -0.319 e. The molecule has 0 bridgehead atoms. The molecular formula is C12H17N. The van der Waals surface area contributed by atoms with Crippen molar-refractivity contribution in [1.82, 2.24) is 5.32 Å². The van der Waals surface area contributed by atoms with Crippen molar-refractivity contribution in [1.29, 1.82) is 0 Å². The van der Waals surface area contributed by atoms with Crippen molar-refractivity contribution in [3.63, 3.8) is 0 Å². The quantitative estimate of drug-likeness (QED) is 0.727. The Labute approximate surface area is 80.2 Å². The Morgan fingerprint density at radius 2 is 2.31 bits per heavy atom. The Balaban J connectivity index is 2.34. The lowest BCUT2D eigenvalue weighted by molar-refractivity contribution is 0.621. The van der Waals surface area contributed by atoms with Crippen LogP contribution in [0.2, 0.25) is 0 Å². The van der Waals surface area contributed by atoms with Gasteiger partial charge in [-0.3, -0.25) is 0 Å². The van der Waals surface area contributed by atoms with E-state index >= 15 is 0 Å². The van der Waals surface area contributed by atoms with E-state index in [2.05, 4.69) is 30.4 Å². The molecule has 70 valence electrons. The topological polar surface area (TPSA) is 12.0 Å². The molecule has 0 fully saturated rings. The fourth-order valence-corrected chi connectivity index (χ4v) is 2.47. The van der Waals surface area contributed by atoms with Crippen LogP contribution in [0.15, 0.2) is 18.2 Å². The van der Waals surface area contributed by atoms with Gasteiger partial charge in [0.1, 0.15) is 0 Å². The van der Waals surface area contributed by atoms with E-state index in [9.17, 15) is 0 Å². The Hall–Kier alpha value is -0.820. The maximum atomic E-state index is 3.28. The van der Waals surface area contributed by atoms with Crippen molar-refractivity contribution < 1.29 is 0 Å². The first-order valence-electron chi connectivity index (χ1n) is 5.06. The number of benzene rings is 1. The van der Waals surface area contributed by atoms with Gasteiger partial charge in [-0.25, -0.2) is 0 Å². The van der Waals surface area contributed by atoms with Crippen LogP contribution in [0, 0.1) is 6.92 Å². The van der Waals surface area contributed by atoms with Crippen LogP contribution in [0.3, 0.4) is 0 Å². The van der Waals surface area contributed by atoms with Crippen LogP contribution in [-0.2, 0) is 6.42 Å². The summed E-state index contributed by atoms with van der Waals surface area (Å²) in [5.41, 5.74) is 4.65. The average Bonchev–Trinajstić information content (AvgIpc) is 2.51. The van der Waals surface area contributed by atoms with Crippen molar-refractivity contribution in [2.45, 2.75) is 25.7 Å². The van der Waals surface area contributed by atoms with Gasteiger partial charge in [-0.15, -0.1) is 0 Å². The third-order valence-corrected chi connectivity index (χ3v) is 3.04. The lowest BCUT2D eigenvalue weighted by atomic mass is 9.97. The zero-order valence-electron chi connectivity index (χ0n) is 8.43. The van der Waals surface area contributed by atoms with Crippen LogP contribution in [0.4, 0.5) is 0 Å². The highest BCUT2D eigenvalue weighted by Crippen LogP contribution is 2.34. The van der Waals surface area contributed by atoms with Gasteiger partial charge in [-0.05, 0) is 49.4 Å². The maximum Gasteiger partial charge on any atom is 0.00174 e. The van der Waals surface area contributed by atoms with Crippen molar-refractivity contribution in [3.8, 4) is 0 Å². The van der Waals surface area contributed by atoms with E-state index < -0.39 is 0 Å². The maximum absolute atomic E-state index is 3.28. The molecule has 0 radical (unpaired) electrons. The molecule has 0 heterocycles. The van der Waals surface area contributed by atoms with E-state index in [-0.39, 0.29) is 0 Å². The summed E-state index contributed by atoms with van der Waals surface area (Å²) in [5.74, 6) is 0.751. The van der Waals surface area contributed by atoms with E-state index in [1.165, 1.54) is 18.4 Å². The van der Waals surface area contributed by atoms with E-state index in [1.54, 1.807) is 11.1 Å². The SMILES string of the molecule is CNCC1CCc2cccc(C)c21. The molecule has 1 aliphatic rings. The Morgan fingerprint density at radius 1 is 1.46 bits per heavy atom. The molecule has 0 saturated heterocycles. The number of hydrogen-bond acceptors (Lipinski definition) is 1. The zero-order valence-corrected chi connectivity index (χ0v) is 8.43. The average molecular weight is 175 g/mol. The van der Waals surface area contributed by atoms with Gasteiger partial charge in [0.05, 0.1) is 0 Å². The summed E-state index contributed by atoms with van der Waals surface area (Å²) in [4.78, 5) is 0. The minimum atomic E-state index is 0.751. The molecule has 1 aromatic carbocycles. The van der Waals surface area contributed by atoms with E-state index in [0.29, 0.717) is 0 Å². The van der Waals surface area contributed by atoms with Gasteiger partial charge in [0.15, 0.2) is 0 Å². The number of likely N-dealkylation sites (N-methyl/N-ethyl adjacent to an activating group) is 1. The summed E-state index contributed by atoms with van der Waals surface area (Å²) in [6.45, 7) is 3.35. The van der Waals surface area contributed by atoms with Crippen LogP contribution < -0.4 is 5.32 Å². The molecule has 1 aliphatic carbocycles. The van der Waals surface area contributed by atoms with Crippen LogP contribution >= 0.6 is 0 Å². The highest BCUT2D eigenvalue weighted by atomic mass is 14.8. The van der Waals surface area contributed by atoms with Gasteiger partial charge in [-0.2, -0.15) is 0 Å². The Bertz CT molecular complexity index is 302.